The molecule has 0 bridgehead atoms. The maximum Gasteiger partial charge on any atom is 0.331 e. The molecule has 2 unspecified atom stereocenters. The first kappa shape index (κ1) is 18.2. The summed E-state index contributed by atoms with van der Waals surface area (Å²) in [5.41, 5.74) is 0.561. The Hall–Kier alpha value is -1.88. The number of aliphatic hydroxyl groups is 1. The van der Waals surface area contributed by atoms with Crippen molar-refractivity contribution in [2.75, 3.05) is 6.61 Å². The van der Waals surface area contributed by atoms with E-state index in [1.165, 1.54) is 0 Å². The topological polar surface area (TPSA) is 75.6 Å². The van der Waals surface area contributed by atoms with E-state index in [0.29, 0.717) is 18.4 Å². The van der Waals surface area contributed by atoms with E-state index < -0.39 is 18.1 Å². The highest BCUT2D eigenvalue weighted by Gasteiger charge is 2.32. The van der Waals surface area contributed by atoms with E-state index in [0.717, 1.165) is 0 Å². The molecule has 5 heteroatoms. The highest BCUT2D eigenvalue weighted by molar-refractivity contribution is 5.86. The van der Waals surface area contributed by atoms with Crippen molar-refractivity contribution < 1.29 is 19.4 Å². The van der Waals surface area contributed by atoms with Crippen molar-refractivity contribution in [3.8, 4) is 0 Å². The van der Waals surface area contributed by atoms with E-state index in [4.69, 9.17) is 4.74 Å². The van der Waals surface area contributed by atoms with Gasteiger partial charge in [-0.2, -0.15) is 0 Å². The molecule has 22 heavy (non-hydrogen) atoms. The molecule has 1 aromatic rings. The maximum atomic E-state index is 12.2. The fourth-order valence-corrected chi connectivity index (χ4v) is 2.27. The molecule has 0 saturated carbocycles. The number of amides is 1. The number of aliphatic hydroxyl groups excluding tert-OH is 1. The van der Waals surface area contributed by atoms with E-state index in [-0.39, 0.29) is 18.4 Å². The Bertz CT molecular complexity index is 471. The van der Waals surface area contributed by atoms with Gasteiger partial charge in [0.1, 0.15) is 6.10 Å². The number of hydrogen-bond acceptors (Lipinski definition) is 4. The Morgan fingerprint density at radius 3 is 2.23 bits per heavy atom. The standard InChI is InChI=1S/C17H25NO4/c1-4-12(5-2)16(20)18-14(17(21)22-6-3)15(19)13-10-8-7-9-11-13/h7-12,14-15,19H,4-6H2,1-3H3,(H,18,20). The summed E-state index contributed by atoms with van der Waals surface area (Å²) in [6.45, 7) is 5.71. The quantitative estimate of drug-likeness (QED) is 0.722. The van der Waals surface area contributed by atoms with E-state index in [1.54, 1.807) is 31.2 Å². The molecule has 0 aromatic heterocycles. The van der Waals surface area contributed by atoms with Gasteiger partial charge in [0.15, 0.2) is 6.04 Å². The van der Waals surface area contributed by atoms with Crippen LogP contribution in [0, 0.1) is 5.92 Å². The van der Waals surface area contributed by atoms with Gasteiger partial charge in [0.25, 0.3) is 0 Å². The zero-order chi connectivity index (χ0) is 16.5. The van der Waals surface area contributed by atoms with Crippen LogP contribution in [0.1, 0.15) is 45.3 Å². The zero-order valence-corrected chi connectivity index (χ0v) is 13.4. The van der Waals surface area contributed by atoms with Crippen LogP contribution in [-0.4, -0.2) is 29.6 Å². The highest BCUT2D eigenvalue weighted by Crippen LogP contribution is 2.19. The van der Waals surface area contributed by atoms with Gasteiger partial charge in [-0.15, -0.1) is 0 Å². The fourth-order valence-electron chi connectivity index (χ4n) is 2.27. The number of hydrogen-bond donors (Lipinski definition) is 2. The molecule has 1 amide bonds. The maximum absolute atomic E-state index is 12.2. The Morgan fingerprint density at radius 1 is 1.14 bits per heavy atom. The first-order chi connectivity index (χ1) is 10.5. The van der Waals surface area contributed by atoms with Crippen LogP contribution in [0.2, 0.25) is 0 Å². The third kappa shape index (κ3) is 4.84. The number of nitrogens with one attached hydrogen (secondary N) is 1. The van der Waals surface area contributed by atoms with Crippen molar-refractivity contribution in [1.82, 2.24) is 5.32 Å². The number of esters is 1. The molecule has 0 radical (unpaired) electrons. The summed E-state index contributed by atoms with van der Waals surface area (Å²) in [6.07, 6.45) is 0.220. The summed E-state index contributed by atoms with van der Waals surface area (Å²) in [5, 5.41) is 13.1. The SMILES string of the molecule is CCOC(=O)C(NC(=O)C(CC)CC)C(O)c1ccccc1. The smallest absolute Gasteiger partial charge is 0.331 e. The summed E-state index contributed by atoms with van der Waals surface area (Å²) >= 11 is 0. The van der Waals surface area contributed by atoms with Crippen molar-refractivity contribution >= 4 is 11.9 Å². The molecule has 2 N–H and O–H groups in total. The zero-order valence-electron chi connectivity index (χ0n) is 13.4. The van der Waals surface area contributed by atoms with Gasteiger partial charge in [0, 0.05) is 5.92 Å². The lowest BCUT2D eigenvalue weighted by Crippen LogP contribution is -2.47. The van der Waals surface area contributed by atoms with Crippen molar-refractivity contribution in [1.29, 1.82) is 0 Å². The molecule has 0 aliphatic carbocycles. The average molecular weight is 307 g/mol. The molecule has 0 aliphatic rings. The summed E-state index contributed by atoms with van der Waals surface area (Å²) in [4.78, 5) is 24.3. The lowest BCUT2D eigenvalue weighted by Gasteiger charge is -2.24. The predicted octanol–water partition coefficient (Wildman–Crippen LogP) is 2.20. The Kier molecular flexibility index (Phi) is 7.60. The monoisotopic (exact) mass is 307 g/mol. The molecule has 0 aliphatic heterocycles. The summed E-state index contributed by atoms with van der Waals surface area (Å²) in [6, 6.07) is 7.67. The Labute approximate surface area is 131 Å². The Balaban J connectivity index is 2.93. The molecule has 122 valence electrons. The number of rotatable bonds is 8. The lowest BCUT2D eigenvalue weighted by molar-refractivity contribution is -0.151. The molecule has 0 fully saturated rings. The van der Waals surface area contributed by atoms with E-state index in [1.807, 2.05) is 19.9 Å². The second-order valence-corrected chi connectivity index (χ2v) is 5.11. The molecule has 2 atom stereocenters. The molecule has 5 nitrogen and oxygen atoms in total. The predicted molar refractivity (Wildman–Crippen MR) is 84.0 cm³/mol. The highest BCUT2D eigenvalue weighted by atomic mass is 16.5. The first-order valence-corrected chi connectivity index (χ1v) is 7.75. The molecule has 0 heterocycles. The average Bonchev–Trinajstić information content (AvgIpc) is 2.54. The minimum absolute atomic E-state index is 0.181. The molecular formula is C17H25NO4. The molecule has 0 saturated heterocycles. The third-order valence-electron chi connectivity index (χ3n) is 3.65. The molecule has 0 spiro atoms. The normalized spacial score (nSPS) is 13.5. The first-order valence-electron chi connectivity index (χ1n) is 7.75. The number of carbonyl (C=O) groups is 2. The van der Waals surface area contributed by atoms with Crippen LogP contribution < -0.4 is 5.32 Å². The van der Waals surface area contributed by atoms with Crippen LogP contribution in [0.3, 0.4) is 0 Å². The second-order valence-electron chi connectivity index (χ2n) is 5.11. The Morgan fingerprint density at radius 2 is 1.73 bits per heavy atom. The van der Waals surface area contributed by atoms with E-state index in [2.05, 4.69) is 5.32 Å². The largest absolute Gasteiger partial charge is 0.464 e. The molecular weight excluding hydrogens is 282 g/mol. The van der Waals surface area contributed by atoms with Crippen molar-refractivity contribution in [3.05, 3.63) is 35.9 Å². The van der Waals surface area contributed by atoms with Crippen LogP contribution >= 0.6 is 0 Å². The van der Waals surface area contributed by atoms with Crippen LogP contribution in [0.4, 0.5) is 0 Å². The van der Waals surface area contributed by atoms with Gasteiger partial charge in [-0.1, -0.05) is 44.2 Å². The summed E-state index contributed by atoms with van der Waals surface area (Å²) in [7, 11) is 0. The van der Waals surface area contributed by atoms with Crippen molar-refractivity contribution in [2.24, 2.45) is 5.92 Å². The lowest BCUT2D eigenvalue weighted by atomic mass is 9.99. The minimum Gasteiger partial charge on any atom is -0.464 e. The molecule has 1 aromatic carbocycles. The molecule has 1 rings (SSSR count). The van der Waals surface area contributed by atoms with Gasteiger partial charge in [-0.25, -0.2) is 4.79 Å². The van der Waals surface area contributed by atoms with Crippen LogP contribution in [0.5, 0.6) is 0 Å². The van der Waals surface area contributed by atoms with Crippen molar-refractivity contribution in [3.63, 3.8) is 0 Å². The van der Waals surface area contributed by atoms with E-state index in [9.17, 15) is 14.7 Å². The van der Waals surface area contributed by atoms with Gasteiger partial charge < -0.3 is 15.2 Å². The van der Waals surface area contributed by atoms with Gasteiger partial charge in [-0.3, -0.25) is 4.79 Å². The van der Waals surface area contributed by atoms with E-state index >= 15 is 0 Å². The summed E-state index contributed by atoms with van der Waals surface area (Å²) < 4.78 is 4.98. The van der Waals surface area contributed by atoms with Crippen LogP contribution in [0.25, 0.3) is 0 Å². The van der Waals surface area contributed by atoms with Crippen LogP contribution in [-0.2, 0) is 14.3 Å². The van der Waals surface area contributed by atoms with Crippen molar-refractivity contribution in [2.45, 2.75) is 45.8 Å². The van der Waals surface area contributed by atoms with Gasteiger partial charge >= 0.3 is 5.97 Å². The number of carbonyl (C=O) groups excluding carboxylic acids is 2. The number of ether oxygens (including phenoxy) is 1. The fraction of sp³-hybridized carbons (Fsp3) is 0.529. The third-order valence-corrected chi connectivity index (χ3v) is 3.65. The summed E-state index contributed by atoms with van der Waals surface area (Å²) in [5.74, 6) is -1.05. The van der Waals surface area contributed by atoms with Gasteiger partial charge in [0.2, 0.25) is 5.91 Å². The second kappa shape index (κ2) is 9.20. The van der Waals surface area contributed by atoms with Gasteiger partial charge in [-0.05, 0) is 25.3 Å². The van der Waals surface area contributed by atoms with Gasteiger partial charge in [0.05, 0.1) is 6.61 Å². The van der Waals surface area contributed by atoms with Crippen LogP contribution in [0.15, 0.2) is 30.3 Å². The number of benzene rings is 1. The minimum atomic E-state index is -1.14.